The zero-order chi connectivity index (χ0) is 9.42. The molecule has 13 heavy (non-hydrogen) atoms. The molecule has 2 aromatic rings. The first-order chi connectivity index (χ1) is 6.24. The fraction of sp³-hybridized carbons (Fsp3) is 0.250. The number of aryl methyl sites for hydroxylation is 1. The molecule has 4 nitrogen and oxygen atoms in total. The van der Waals surface area contributed by atoms with Crippen LogP contribution in [0.4, 0.5) is 0 Å². The Hall–Kier alpha value is -1.10. The molecule has 0 fully saturated rings. The lowest BCUT2D eigenvalue weighted by Crippen LogP contribution is -1.93. The molecule has 0 aliphatic rings. The number of hydrogen-bond donors (Lipinski definition) is 0. The van der Waals surface area contributed by atoms with Crippen LogP contribution in [0, 0.1) is 0 Å². The minimum atomic E-state index is 0.596. The van der Waals surface area contributed by atoms with Crippen molar-refractivity contribution in [3.05, 3.63) is 17.0 Å². The number of ether oxygens (including phenoxy) is 1. The molecule has 0 aliphatic heterocycles. The Balaban J connectivity index is 2.88. The number of imidazole rings is 1. The number of hydrogen-bond acceptors (Lipinski definition) is 3. The molecule has 0 saturated heterocycles. The van der Waals surface area contributed by atoms with Crippen molar-refractivity contribution in [2.45, 2.75) is 0 Å². The Bertz CT molecular complexity index is 452. The highest BCUT2D eigenvalue weighted by Gasteiger charge is 2.10. The average molecular weight is 242 g/mol. The first-order valence-electron chi connectivity index (χ1n) is 3.73. The largest absolute Gasteiger partial charge is 0.479 e. The van der Waals surface area contributed by atoms with Crippen LogP contribution in [0.15, 0.2) is 17.0 Å². The van der Waals surface area contributed by atoms with E-state index < -0.39 is 0 Å². The number of aromatic nitrogens is 3. The average Bonchev–Trinajstić information content (AvgIpc) is 2.51. The predicted octanol–water partition coefficient (Wildman–Crippen LogP) is 1.74. The van der Waals surface area contributed by atoms with Gasteiger partial charge in [-0.2, -0.15) is 0 Å². The normalized spacial score (nSPS) is 10.7. The van der Waals surface area contributed by atoms with E-state index in [1.165, 1.54) is 0 Å². The van der Waals surface area contributed by atoms with Crippen LogP contribution in [0.5, 0.6) is 5.88 Å². The third-order valence-corrected chi connectivity index (χ3v) is 2.43. The van der Waals surface area contributed by atoms with Crippen LogP contribution >= 0.6 is 15.9 Å². The molecule has 2 heterocycles. The van der Waals surface area contributed by atoms with Gasteiger partial charge in [-0.3, -0.25) is 0 Å². The van der Waals surface area contributed by atoms with Crippen molar-refractivity contribution in [1.29, 1.82) is 0 Å². The molecule has 0 spiro atoms. The first kappa shape index (κ1) is 8.50. The topological polar surface area (TPSA) is 39.9 Å². The van der Waals surface area contributed by atoms with Gasteiger partial charge < -0.3 is 9.30 Å². The van der Waals surface area contributed by atoms with Crippen LogP contribution in [0.3, 0.4) is 0 Å². The van der Waals surface area contributed by atoms with E-state index in [2.05, 4.69) is 25.9 Å². The van der Waals surface area contributed by atoms with Gasteiger partial charge in [-0.15, -0.1) is 0 Å². The van der Waals surface area contributed by atoms with Crippen molar-refractivity contribution in [2.24, 2.45) is 7.05 Å². The Morgan fingerprint density at radius 2 is 2.23 bits per heavy atom. The summed E-state index contributed by atoms with van der Waals surface area (Å²) in [6.45, 7) is 0. The van der Waals surface area contributed by atoms with Gasteiger partial charge in [0, 0.05) is 13.2 Å². The van der Waals surface area contributed by atoms with E-state index in [0.717, 1.165) is 15.5 Å². The molecule has 2 rings (SSSR count). The highest BCUT2D eigenvalue weighted by molar-refractivity contribution is 9.10. The van der Waals surface area contributed by atoms with E-state index in [9.17, 15) is 0 Å². The lowest BCUT2D eigenvalue weighted by atomic mass is 10.4. The molecule has 0 radical (unpaired) electrons. The van der Waals surface area contributed by atoms with Gasteiger partial charge in [-0.1, -0.05) is 0 Å². The molecular formula is C8H8BrN3O. The number of nitrogens with zero attached hydrogens (tertiary/aromatic N) is 3. The second kappa shape index (κ2) is 2.99. The second-order valence-electron chi connectivity index (χ2n) is 2.67. The van der Waals surface area contributed by atoms with Crippen molar-refractivity contribution in [1.82, 2.24) is 14.5 Å². The molecule has 0 amide bonds. The number of fused-ring (bicyclic) bond motifs is 1. The van der Waals surface area contributed by atoms with Crippen molar-refractivity contribution in [3.8, 4) is 5.88 Å². The summed E-state index contributed by atoms with van der Waals surface area (Å²) in [6.07, 6.45) is 3.42. The fourth-order valence-corrected chi connectivity index (χ4v) is 1.64. The Labute approximate surface area is 83.7 Å². The number of rotatable bonds is 1. The van der Waals surface area contributed by atoms with Crippen LogP contribution in [0.1, 0.15) is 0 Å². The lowest BCUT2D eigenvalue weighted by molar-refractivity contribution is 0.401. The van der Waals surface area contributed by atoms with E-state index in [0.29, 0.717) is 5.88 Å². The molecule has 5 heteroatoms. The van der Waals surface area contributed by atoms with E-state index >= 15 is 0 Å². The number of pyridine rings is 1. The number of methoxy groups -OCH3 is 1. The molecule has 0 N–H and O–H groups in total. The predicted molar refractivity (Wildman–Crippen MR) is 52.8 cm³/mol. The maximum atomic E-state index is 5.13. The van der Waals surface area contributed by atoms with Gasteiger partial charge in [0.1, 0.15) is 11.0 Å². The molecule has 0 unspecified atom stereocenters. The summed E-state index contributed by atoms with van der Waals surface area (Å²) in [5, 5.41) is 0. The van der Waals surface area contributed by atoms with Gasteiger partial charge >= 0.3 is 0 Å². The monoisotopic (exact) mass is 241 g/mol. The van der Waals surface area contributed by atoms with Gasteiger partial charge in [-0.05, 0) is 15.9 Å². The minimum absolute atomic E-state index is 0.596. The smallest absolute Gasteiger partial charge is 0.240 e. The van der Waals surface area contributed by atoms with Crippen molar-refractivity contribution >= 4 is 27.0 Å². The summed E-state index contributed by atoms with van der Waals surface area (Å²) in [7, 11) is 3.51. The van der Waals surface area contributed by atoms with Gasteiger partial charge in [-0.25, -0.2) is 9.97 Å². The van der Waals surface area contributed by atoms with Crippen LogP contribution in [0.2, 0.25) is 0 Å². The minimum Gasteiger partial charge on any atom is -0.479 e. The summed E-state index contributed by atoms with van der Waals surface area (Å²) < 4.78 is 7.89. The van der Waals surface area contributed by atoms with E-state index in [1.807, 2.05) is 11.6 Å². The van der Waals surface area contributed by atoms with Crippen LogP contribution in [0.25, 0.3) is 11.0 Å². The van der Waals surface area contributed by atoms with Gasteiger partial charge in [0.2, 0.25) is 5.88 Å². The van der Waals surface area contributed by atoms with Crippen molar-refractivity contribution < 1.29 is 4.74 Å². The van der Waals surface area contributed by atoms with Crippen molar-refractivity contribution in [2.75, 3.05) is 7.11 Å². The Morgan fingerprint density at radius 1 is 1.46 bits per heavy atom. The quantitative estimate of drug-likeness (QED) is 0.764. The van der Waals surface area contributed by atoms with E-state index in [1.54, 1.807) is 19.6 Å². The summed E-state index contributed by atoms with van der Waals surface area (Å²) in [5.41, 5.74) is 1.77. The van der Waals surface area contributed by atoms with Crippen LogP contribution in [-0.4, -0.2) is 21.6 Å². The summed E-state index contributed by atoms with van der Waals surface area (Å²) in [4.78, 5) is 8.35. The van der Waals surface area contributed by atoms with E-state index in [-0.39, 0.29) is 0 Å². The molecule has 0 aliphatic carbocycles. The van der Waals surface area contributed by atoms with Gasteiger partial charge in [0.25, 0.3) is 0 Å². The Kier molecular flexibility index (Phi) is 1.95. The van der Waals surface area contributed by atoms with Crippen LogP contribution < -0.4 is 4.74 Å². The zero-order valence-electron chi connectivity index (χ0n) is 7.28. The van der Waals surface area contributed by atoms with Crippen molar-refractivity contribution in [3.63, 3.8) is 0 Å². The molecule has 2 aromatic heterocycles. The zero-order valence-corrected chi connectivity index (χ0v) is 8.87. The standard InChI is InChI=1S/C8H8BrN3O/c1-12-4-11-6-5(9)3-10-8(13-2)7(6)12/h3-4H,1-2H3. The second-order valence-corrected chi connectivity index (χ2v) is 3.52. The fourth-order valence-electron chi connectivity index (χ4n) is 1.24. The summed E-state index contributed by atoms with van der Waals surface area (Å²) in [6, 6.07) is 0. The SMILES string of the molecule is COc1ncc(Br)c2ncn(C)c12. The van der Waals surface area contributed by atoms with Crippen LogP contribution in [-0.2, 0) is 7.05 Å². The third kappa shape index (κ3) is 1.19. The highest BCUT2D eigenvalue weighted by Crippen LogP contribution is 2.27. The van der Waals surface area contributed by atoms with Gasteiger partial charge in [0.05, 0.1) is 17.9 Å². The third-order valence-electron chi connectivity index (χ3n) is 1.85. The highest BCUT2D eigenvalue weighted by atomic mass is 79.9. The van der Waals surface area contributed by atoms with Gasteiger partial charge in [0.15, 0.2) is 0 Å². The Morgan fingerprint density at radius 3 is 2.92 bits per heavy atom. The molecule has 68 valence electrons. The number of halogens is 1. The molecule has 0 bridgehead atoms. The summed E-state index contributed by atoms with van der Waals surface area (Å²) >= 11 is 3.38. The molecule has 0 atom stereocenters. The maximum Gasteiger partial charge on any atom is 0.240 e. The molecular weight excluding hydrogens is 234 g/mol. The molecule has 0 saturated carbocycles. The molecule has 0 aromatic carbocycles. The maximum absolute atomic E-state index is 5.13. The summed E-state index contributed by atoms with van der Waals surface area (Å²) in [5.74, 6) is 0.596. The first-order valence-corrected chi connectivity index (χ1v) is 4.53. The van der Waals surface area contributed by atoms with E-state index in [4.69, 9.17) is 4.74 Å². The lowest BCUT2D eigenvalue weighted by Gasteiger charge is -2.02.